The smallest absolute Gasteiger partial charge is 0.201 e. The maximum absolute atomic E-state index is 13.3. The summed E-state index contributed by atoms with van der Waals surface area (Å²) < 4.78 is 44.4. The summed E-state index contributed by atoms with van der Waals surface area (Å²) in [6, 6.07) is 7.09. The van der Waals surface area contributed by atoms with Crippen LogP contribution in [0.5, 0.6) is 11.5 Å². The van der Waals surface area contributed by atoms with Crippen LogP contribution in [-0.4, -0.2) is 0 Å². The Hall–Kier alpha value is -2.17. The number of hydrogen-bond donors (Lipinski definition) is 1. The molecule has 0 radical (unpaired) electrons. The zero-order chi connectivity index (χ0) is 12.4. The van der Waals surface area contributed by atoms with Crippen molar-refractivity contribution in [2.45, 2.75) is 0 Å². The molecule has 17 heavy (non-hydrogen) atoms. The van der Waals surface area contributed by atoms with Gasteiger partial charge in [-0.25, -0.2) is 8.78 Å². The average Bonchev–Trinajstić information content (AvgIpc) is 2.28. The third-order valence-corrected chi connectivity index (χ3v) is 2.09. The zero-order valence-corrected chi connectivity index (χ0v) is 8.58. The summed E-state index contributed by atoms with van der Waals surface area (Å²) in [6.45, 7) is 0. The molecule has 0 atom stereocenters. The highest BCUT2D eigenvalue weighted by Crippen LogP contribution is 2.28. The van der Waals surface area contributed by atoms with E-state index >= 15 is 0 Å². The number of hydrogen-bond acceptors (Lipinski definition) is 2. The van der Waals surface area contributed by atoms with Gasteiger partial charge < -0.3 is 10.5 Å². The number of ether oxygens (including phenoxy) is 1. The lowest BCUT2D eigenvalue weighted by Crippen LogP contribution is -1.94. The van der Waals surface area contributed by atoms with Gasteiger partial charge in [0, 0.05) is 11.8 Å². The second-order valence-electron chi connectivity index (χ2n) is 3.34. The predicted octanol–water partition coefficient (Wildman–Crippen LogP) is 3.48. The average molecular weight is 239 g/mol. The molecule has 0 unspecified atom stereocenters. The first-order valence-corrected chi connectivity index (χ1v) is 4.75. The van der Waals surface area contributed by atoms with Crippen LogP contribution in [0.25, 0.3) is 0 Å². The van der Waals surface area contributed by atoms with Crippen LogP contribution in [0.15, 0.2) is 36.4 Å². The van der Waals surface area contributed by atoms with Crippen LogP contribution in [0.4, 0.5) is 18.9 Å². The zero-order valence-electron chi connectivity index (χ0n) is 8.58. The molecule has 0 saturated carbocycles. The summed E-state index contributed by atoms with van der Waals surface area (Å²) in [5.74, 6) is -3.56. The Balaban J connectivity index is 2.35. The normalized spacial score (nSPS) is 10.3. The van der Waals surface area contributed by atoms with Crippen molar-refractivity contribution in [2.24, 2.45) is 0 Å². The van der Waals surface area contributed by atoms with Crippen LogP contribution in [-0.2, 0) is 0 Å². The van der Waals surface area contributed by atoms with E-state index in [9.17, 15) is 13.2 Å². The molecule has 0 amide bonds. The van der Waals surface area contributed by atoms with Crippen LogP contribution in [0.3, 0.4) is 0 Å². The topological polar surface area (TPSA) is 35.2 Å². The summed E-state index contributed by atoms with van der Waals surface area (Å²) in [7, 11) is 0. The molecule has 0 aliphatic rings. The minimum atomic E-state index is -1.16. The van der Waals surface area contributed by atoms with Crippen LogP contribution in [0, 0.1) is 17.5 Å². The van der Waals surface area contributed by atoms with Gasteiger partial charge in [0.2, 0.25) is 5.82 Å². The molecule has 0 aliphatic heterocycles. The molecule has 88 valence electrons. The van der Waals surface area contributed by atoms with Gasteiger partial charge in [-0.2, -0.15) is 4.39 Å². The second kappa shape index (κ2) is 4.37. The minimum Gasteiger partial charge on any atom is -0.451 e. The van der Waals surface area contributed by atoms with Gasteiger partial charge in [-0.3, -0.25) is 0 Å². The van der Waals surface area contributed by atoms with E-state index in [4.69, 9.17) is 10.5 Å². The fourth-order valence-corrected chi connectivity index (χ4v) is 1.28. The number of anilines is 1. The Morgan fingerprint density at radius 1 is 0.882 bits per heavy atom. The summed E-state index contributed by atoms with van der Waals surface area (Å²) in [5, 5.41) is 0. The van der Waals surface area contributed by atoms with E-state index in [1.165, 1.54) is 24.3 Å². The molecule has 0 heterocycles. The molecule has 0 fully saturated rings. The first-order valence-electron chi connectivity index (χ1n) is 4.75. The lowest BCUT2D eigenvalue weighted by atomic mass is 10.3. The number of halogens is 3. The molecular formula is C12H8F3NO. The van der Waals surface area contributed by atoms with Crippen molar-refractivity contribution in [3.8, 4) is 11.5 Å². The van der Waals surface area contributed by atoms with Crippen LogP contribution >= 0.6 is 0 Å². The largest absolute Gasteiger partial charge is 0.451 e. The van der Waals surface area contributed by atoms with E-state index < -0.39 is 17.5 Å². The van der Waals surface area contributed by atoms with Crippen molar-refractivity contribution in [1.29, 1.82) is 0 Å². The summed E-state index contributed by atoms with van der Waals surface area (Å²) in [5.41, 5.74) is 5.56. The van der Waals surface area contributed by atoms with Gasteiger partial charge in [0.15, 0.2) is 23.1 Å². The lowest BCUT2D eigenvalue weighted by molar-refractivity contribution is 0.397. The summed E-state index contributed by atoms with van der Waals surface area (Å²) in [4.78, 5) is 0. The molecule has 2 nitrogen and oxygen atoms in total. The second-order valence-corrected chi connectivity index (χ2v) is 3.34. The molecule has 0 saturated heterocycles. The minimum absolute atomic E-state index is 0.217. The molecule has 0 aliphatic carbocycles. The standard InChI is InChI=1S/C12H8F3NO/c13-8-2-1-3-11(12(8)15)17-10-5-4-7(16)6-9(10)14/h1-6H,16H2. The quantitative estimate of drug-likeness (QED) is 0.814. The van der Waals surface area contributed by atoms with E-state index in [0.29, 0.717) is 0 Å². The maximum Gasteiger partial charge on any atom is 0.201 e. The molecule has 2 rings (SSSR count). The molecule has 5 heteroatoms. The van der Waals surface area contributed by atoms with E-state index in [1.54, 1.807) is 0 Å². The third kappa shape index (κ3) is 2.33. The van der Waals surface area contributed by atoms with Gasteiger partial charge in [0.25, 0.3) is 0 Å². The van der Waals surface area contributed by atoms with Crippen molar-refractivity contribution < 1.29 is 17.9 Å². The van der Waals surface area contributed by atoms with Gasteiger partial charge in [-0.1, -0.05) is 6.07 Å². The Kier molecular flexibility index (Phi) is 2.91. The van der Waals surface area contributed by atoms with E-state index in [0.717, 1.165) is 12.1 Å². The van der Waals surface area contributed by atoms with Gasteiger partial charge in [-0.15, -0.1) is 0 Å². The predicted molar refractivity (Wildman–Crippen MR) is 57.2 cm³/mol. The maximum atomic E-state index is 13.3. The van der Waals surface area contributed by atoms with Gasteiger partial charge in [0.1, 0.15) is 0 Å². The Bertz CT molecular complexity index is 557. The van der Waals surface area contributed by atoms with Gasteiger partial charge in [0.05, 0.1) is 0 Å². The highest BCUT2D eigenvalue weighted by molar-refractivity contribution is 5.44. The molecule has 2 aromatic rings. The number of nitrogen functional groups attached to an aromatic ring is 1. The van der Waals surface area contributed by atoms with Crippen molar-refractivity contribution in [3.63, 3.8) is 0 Å². The highest BCUT2D eigenvalue weighted by Gasteiger charge is 2.12. The fourth-order valence-electron chi connectivity index (χ4n) is 1.28. The highest BCUT2D eigenvalue weighted by atomic mass is 19.2. The van der Waals surface area contributed by atoms with Crippen LogP contribution in [0.2, 0.25) is 0 Å². The van der Waals surface area contributed by atoms with Crippen molar-refractivity contribution in [1.82, 2.24) is 0 Å². The molecular weight excluding hydrogens is 231 g/mol. The summed E-state index contributed by atoms with van der Waals surface area (Å²) >= 11 is 0. The molecule has 2 N–H and O–H groups in total. The SMILES string of the molecule is Nc1ccc(Oc2cccc(F)c2F)c(F)c1. The fraction of sp³-hybridized carbons (Fsp3) is 0. The Morgan fingerprint density at radius 3 is 2.35 bits per heavy atom. The van der Waals surface area contributed by atoms with Crippen LogP contribution in [0.1, 0.15) is 0 Å². The van der Waals surface area contributed by atoms with Crippen molar-refractivity contribution in [3.05, 3.63) is 53.8 Å². The number of benzene rings is 2. The van der Waals surface area contributed by atoms with Crippen molar-refractivity contribution in [2.75, 3.05) is 5.73 Å². The third-order valence-electron chi connectivity index (χ3n) is 2.09. The summed E-state index contributed by atoms with van der Waals surface area (Å²) in [6.07, 6.45) is 0. The molecule has 0 aromatic heterocycles. The Morgan fingerprint density at radius 2 is 1.65 bits per heavy atom. The monoisotopic (exact) mass is 239 g/mol. The van der Waals surface area contributed by atoms with E-state index in [-0.39, 0.29) is 17.2 Å². The van der Waals surface area contributed by atoms with Crippen molar-refractivity contribution >= 4 is 5.69 Å². The Labute approximate surface area is 95.4 Å². The lowest BCUT2D eigenvalue weighted by Gasteiger charge is -2.08. The molecule has 0 bridgehead atoms. The van der Waals surface area contributed by atoms with Gasteiger partial charge in [-0.05, 0) is 24.3 Å². The number of nitrogens with two attached hydrogens (primary N) is 1. The number of rotatable bonds is 2. The molecule has 2 aromatic carbocycles. The molecule has 0 spiro atoms. The first kappa shape index (κ1) is 11.3. The first-order chi connectivity index (χ1) is 8.08. The van der Waals surface area contributed by atoms with Crippen LogP contribution < -0.4 is 10.5 Å². The van der Waals surface area contributed by atoms with E-state index in [2.05, 4.69) is 0 Å². The van der Waals surface area contributed by atoms with E-state index in [1.807, 2.05) is 0 Å². The van der Waals surface area contributed by atoms with Gasteiger partial charge >= 0.3 is 0 Å².